The predicted octanol–water partition coefficient (Wildman–Crippen LogP) is -3.62. The predicted molar refractivity (Wildman–Crippen MR) is 326 cm³/mol. The number of primary amides is 1. The summed E-state index contributed by atoms with van der Waals surface area (Å²) in [5.74, 6) is -21.1. The number of amides is 13. The third-order valence-electron chi connectivity index (χ3n) is 15.8. The molecule has 0 radical (unpaired) electrons. The van der Waals surface area contributed by atoms with Crippen LogP contribution in [0.5, 0.6) is 0 Å². The summed E-state index contributed by atoms with van der Waals surface area (Å²) in [5.41, 5.74) is 11.7. The first-order valence-electron chi connectivity index (χ1n) is 31.2. The van der Waals surface area contributed by atoms with Crippen molar-refractivity contribution >= 4 is 94.7 Å². The van der Waals surface area contributed by atoms with Crippen LogP contribution in [0.3, 0.4) is 0 Å². The third kappa shape index (κ3) is 25.5. The van der Waals surface area contributed by atoms with E-state index in [2.05, 4.69) is 56.4 Å². The zero-order valence-corrected chi connectivity index (χ0v) is 53.3. The fourth-order valence-corrected chi connectivity index (χ4v) is 10.6. The fraction of sp³-hybridized carbons (Fsp3) is 0.695. The van der Waals surface area contributed by atoms with E-state index >= 15 is 4.79 Å². The summed E-state index contributed by atoms with van der Waals surface area (Å²) in [6.07, 6.45) is 7.71. The zero-order valence-electron chi connectivity index (χ0n) is 53.3. The molecule has 33 heteroatoms. The van der Waals surface area contributed by atoms with Crippen molar-refractivity contribution in [3.63, 3.8) is 0 Å². The summed E-state index contributed by atoms with van der Waals surface area (Å²) in [4.78, 5) is 219. The normalized spacial score (nSPS) is 25.2. The average molecular weight is 1300 g/mol. The first-order valence-corrected chi connectivity index (χ1v) is 31.2. The highest BCUT2D eigenvalue weighted by atomic mass is 16.4. The van der Waals surface area contributed by atoms with Crippen LogP contribution < -0.4 is 64.6 Å². The Labute approximate surface area is 533 Å². The smallest absolute Gasteiger partial charge is 0.308 e. The number of carbonyl (C=O) groups excluding carboxylic acids is 13. The van der Waals surface area contributed by atoms with Gasteiger partial charge in [0.1, 0.15) is 54.4 Å². The molecule has 3 rings (SSSR count). The Morgan fingerprint density at radius 1 is 0.598 bits per heavy atom. The Morgan fingerprint density at radius 3 is 1.68 bits per heavy atom. The molecule has 13 amide bonds. The number of nitrogens with two attached hydrogens (primary N) is 2. The van der Waals surface area contributed by atoms with E-state index in [0.29, 0.717) is 12.3 Å². The molecule has 33 nitrogen and oxygen atoms in total. The lowest BCUT2D eigenvalue weighted by molar-refractivity contribution is -0.149. The molecular weight excluding hydrogens is 1210 g/mol. The molecule has 3 aliphatic rings. The van der Waals surface area contributed by atoms with E-state index in [1.807, 2.05) is 16.7 Å². The van der Waals surface area contributed by atoms with Gasteiger partial charge in [0.15, 0.2) is 0 Å². The van der Waals surface area contributed by atoms with Crippen molar-refractivity contribution in [1.29, 1.82) is 0 Å². The van der Waals surface area contributed by atoms with Crippen LogP contribution in [0.2, 0.25) is 0 Å². The van der Waals surface area contributed by atoms with Gasteiger partial charge in [-0.1, -0.05) is 72.0 Å². The van der Waals surface area contributed by atoms with Crippen LogP contribution in [0.25, 0.3) is 0 Å². The lowest BCUT2D eigenvalue weighted by atomic mass is 9.96. The van der Waals surface area contributed by atoms with Gasteiger partial charge in [0, 0.05) is 25.6 Å². The number of carboxylic acids is 3. The maximum Gasteiger partial charge on any atom is 0.308 e. The number of unbranched alkanes of at least 4 members (excludes halogenated alkanes) is 5. The van der Waals surface area contributed by atoms with Crippen LogP contribution in [0, 0.1) is 17.8 Å². The molecule has 92 heavy (non-hydrogen) atoms. The van der Waals surface area contributed by atoms with Gasteiger partial charge in [-0.2, -0.15) is 0 Å². The van der Waals surface area contributed by atoms with Gasteiger partial charge in [-0.3, -0.25) is 76.7 Å². The van der Waals surface area contributed by atoms with Crippen LogP contribution in [-0.4, -0.2) is 212 Å². The van der Waals surface area contributed by atoms with E-state index in [4.69, 9.17) is 11.5 Å². The van der Waals surface area contributed by atoms with Crippen LogP contribution in [0.1, 0.15) is 151 Å². The molecule has 3 aliphatic heterocycles. The molecule has 4 unspecified atom stereocenters. The van der Waals surface area contributed by atoms with Crippen molar-refractivity contribution < 1.29 is 92.0 Å². The van der Waals surface area contributed by atoms with Gasteiger partial charge >= 0.3 is 17.9 Å². The molecule has 0 aliphatic carbocycles. The molecular formula is C59H94N14O19. The number of aliphatic carboxylic acids is 3. The maximum absolute atomic E-state index is 15.2. The summed E-state index contributed by atoms with van der Waals surface area (Å²) in [7, 11) is 0. The van der Waals surface area contributed by atoms with E-state index in [-0.39, 0.29) is 51.6 Å². The third-order valence-corrected chi connectivity index (χ3v) is 15.8. The monoisotopic (exact) mass is 1300 g/mol. The second-order valence-corrected chi connectivity index (χ2v) is 24.3. The number of rotatable bonds is 23. The topological polar surface area (TPSA) is 513 Å². The molecule has 514 valence electrons. The first kappa shape index (κ1) is 77.5. The fourth-order valence-electron chi connectivity index (χ4n) is 10.6. The lowest BCUT2D eigenvalue weighted by Crippen LogP contribution is -2.66. The minimum atomic E-state index is -2.13. The van der Waals surface area contributed by atoms with E-state index in [1.165, 1.54) is 18.7 Å². The second kappa shape index (κ2) is 38.2. The number of nitrogens with zero attached hydrogens (tertiary/aromatic N) is 2. The van der Waals surface area contributed by atoms with Crippen LogP contribution in [-0.2, 0) is 76.7 Å². The van der Waals surface area contributed by atoms with Crippen LogP contribution in [0.4, 0.5) is 0 Å². The highest BCUT2D eigenvalue weighted by Crippen LogP contribution is 2.24. The molecule has 0 aromatic rings. The Kier molecular flexibility index (Phi) is 32.1. The first-order chi connectivity index (χ1) is 43.2. The van der Waals surface area contributed by atoms with Crippen molar-refractivity contribution in [1.82, 2.24) is 63.0 Å². The van der Waals surface area contributed by atoms with Crippen molar-refractivity contribution in [3.05, 3.63) is 12.2 Å². The van der Waals surface area contributed by atoms with E-state index in [1.54, 1.807) is 19.9 Å². The summed E-state index contributed by atoms with van der Waals surface area (Å²) < 4.78 is 0. The summed E-state index contributed by atoms with van der Waals surface area (Å²) in [6, 6.07) is -18.3. The molecule has 3 heterocycles. The van der Waals surface area contributed by atoms with Gasteiger partial charge in [0.05, 0.1) is 44.3 Å². The summed E-state index contributed by atoms with van der Waals surface area (Å²) in [5, 5.41) is 52.6. The molecule has 0 spiro atoms. The molecule has 12 atom stereocenters. The van der Waals surface area contributed by atoms with Gasteiger partial charge in [-0.25, -0.2) is 0 Å². The highest BCUT2D eigenvalue weighted by Gasteiger charge is 2.45. The number of hydrogen-bond acceptors (Lipinski definition) is 17. The Bertz CT molecular complexity index is 2720. The summed E-state index contributed by atoms with van der Waals surface area (Å²) in [6.45, 7) is 8.81. The Morgan fingerprint density at radius 2 is 1.12 bits per heavy atom. The van der Waals surface area contributed by atoms with Gasteiger partial charge in [0.2, 0.25) is 76.8 Å². The van der Waals surface area contributed by atoms with E-state index in [0.717, 1.165) is 50.3 Å². The number of allylic oxidation sites excluding steroid dienone is 1. The Hall–Kier alpha value is -8.78. The molecule has 3 fully saturated rings. The number of piperidine rings is 1. The molecule has 0 aromatic carbocycles. The van der Waals surface area contributed by atoms with Crippen molar-refractivity contribution in [2.75, 3.05) is 26.2 Å². The van der Waals surface area contributed by atoms with Gasteiger partial charge in [0.25, 0.3) is 0 Å². The molecule has 17 N–H and O–H groups in total. The lowest BCUT2D eigenvalue weighted by Gasteiger charge is -2.39. The quantitative estimate of drug-likeness (QED) is 0.0347. The second-order valence-electron chi connectivity index (χ2n) is 24.3. The average Bonchev–Trinajstić information content (AvgIpc) is 1.26. The van der Waals surface area contributed by atoms with Crippen molar-refractivity contribution in [3.8, 4) is 0 Å². The minimum Gasteiger partial charge on any atom is -0.481 e. The summed E-state index contributed by atoms with van der Waals surface area (Å²) >= 11 is 0. The van der Waals surface area contributed by atoms with E-state index < -0.39 is 205 Å². The zero-order chi connectivity index (χ0) is 69.1. The number of hydrogen-bond donors (Lipinski definition) is 15. The number of carbonyl (C=O) groups is 16. The highest BCUT2D eigenvalue weighted by molar-refractivity contribution is 6.01. The molecule has 0 saturated carbocycles. The number of nitrogens with one attached hydrogen (secondary N) is 10. The molecule has 3 saturated heterocycles. The van der Waals surface area contributed by atoms with Gasteiger partial charge in [-0.15, -0.1) is 0 Å². The minimum absolute atomic E-state index is 0.0284. The number of fused-ring (bicyclic) bond motifs is 2. The van der Waals surface area contributed by atoms with Crippen molar-refractivity contribution in [2.24, 2.45) is 29.2 Å². The van der Waals surface area contributed by atoms with E-state index in [9.17, 15) is 87.2 Å². The largest absolute Gasteiger partial charge is 0.481 e. The molecule has 0 aromatic heterocycles. The van der Waals surface area contributed by atoms with Gasteiger partial charge < -0.3 is 89.8 Å². The SMILES string of the molecule is CC(C)CCCCCCC/C=C\CC(=O)N[C@@H](CC(N)=O)C(=O)NC1C(=O)N2CCCC[C@@H]2C(=O)N[C@@H](C(C)C(=O)O)C(=O)N[C@@H](CC(=O)O)C(=O)NCC(=O)NC(CC(=O)O)C(=O)NCC(=O)N[C@H](C(C)N)C(=O)N[C@@H](C(C)C)C(=O)N2CCC[C@H]2C(=O)N[C@@H]1C. The van der Waals surface area contributed by atoms with Gasteiger partial charge in [-0.05, 0) is 77.6 Å². The van der Waals surface area contributed by atoms with Crippen LogP contribution >= 0.6 is 0 Å². The van der Waals surface area contributed by atoms with Crippen LogP contribution in [0.15, 0.2) is 12.2 Å². The molecule has 0 bridgehead atoms. The number of carboxylic acid groups (broad SMARTS) is 3. The Balaban J connectivity index is 2.16. The maximum atomic E-state index is 15.2. The van der Waals surface area contributed by atoms with Crippen molar-refractivity contribution in [2.45, 2.75) is 218 Å². The standard InChI is InChI=1S/C59H94N14O19/c1-30(2)19-14-12-10-8-9-11-13-15-22-41(75)65-35(25-40(61)74)52(84)71-49-34(7)64-53(85)39-21-18-24-73(39)57(89)46(31(3)4)69-56(88)48(33(6)60)68-43(77)29-63-50(82)36(26-44(78)79)66-42(76)28-62-51(83)37(27-45(80)81)67-55(87)47(32(5)59(91)92)70-54(86)38-20-16-17-23-72(38)58(49)90/h13,15,30-39,46-49H,8-12,14,16-29,60H2,1-7H3,(H2,61,74)(H,62,83)(H,63,82)(H,64,85)(H,65,75)(H,66,76)(H,67,87)(H,68,77)(H,69,88)(H,70,86)(H,71,84)(H,78,79)(H,80,81)(H,91,92)/b15-13-/t32?,33?,34-,35+,36?,37+,38-,39+,46+,47+,48-,49?/m1/s1.